The molecule has 246 valence electrons. The molecule has 4 heterocycles. The van der Waals surface area contributed by atoms with Gasteiger partial charge in [0.05, 0.1) is 38.2 Å². The maximum atomic E-state index is 12.9. The van der Waals surface area contributed by atoms with Crippen LogP contribution >= 0.6 is 22.7 Å². The molecule has 2 aliphatic heterocycles. The first-order valence-electron chi connectivity index (χ1n) is 14.7. The first-order valence-corrected chi connectivity index (χ1v) is 16.3. The quantitative estimate of drug-likeness (QED) is 0.234. The summed E-state index contributed by atoms with van der Waals surface area (Å²) < 4.78 is 78.0. The Morgan fingerprint density at radius 3 is 1.56 bits per heavy atom. The van der Waals surface area contributed by atoms with Gasteiger partial charge in [-0.05, 0) is 64.1 Å². The summed E-state index contributed by atoms with van der Waals surface area (Å²) in [6.45, 7) is 12.4. The molecule has 2 aromatic carbocycles. The van der Waals surface area contributed by atoms with Gasteiger partial charge in [0.15, 0.2) is 10.3 Å². The number of β-amino-alcohol motifs (C(OH)–C–C–N with tert-alkyl or cyclic N) is 1. The van der Waals surface area contributed by atoms with E-state index < -0.39 is 23.5 Å². The zero-order valence-electron chi connectivity index (χ0n) is 25.3. The molecule has 6 rings (SSSR count). The molecule has 0 aliphatic carbocycles. The third kappa shape index (κ3) is 7.48. The summed E-state index contributed by atoms with van der Waals surface area (Å²) in [4.78, 5) is 15.6. The Morgan fingerprint density at radius 2 is 1.16 bits per heavy atom. The molecule has 15 heteroatoms. The van der Waals surface area contributed by atoms with Crippen LogP contribution in [0.1, 0.15) is 38.8 Å². The van der Waals surface area contributed by atoms with Gasteiger partial charge in [-0.25, -0.2) is 9.97 Å². The largest absolute Gasteiger partial charge is 0.416 e. The molecule has 2 saturated heterocycles. The van der Waals surface area contributed by atoms with Crippen molar-refractivity contribution in [2.24, 2.45) is 0 Å². The van der Waals surface area contributed by atoms with E-state index in [0.717, 1.165) is 48.6 Å². The molecule has 4 aromatic rings. The van der Waals surface area contributed by atoms with Crippen molar-refractivity contribution in [2.75, 3.05) is 49.1 Å². The second-order valence-corrected chi connectivity index (χ2v) is 13.7. The molecule has 4 atom stereocenters. The van der Waals surface area contributed by atoms with E-state index in [1.54, 1.807) is 0 Å². The van der Waals surface area contributed by atoms with Gasteiger partial charge in [-0.3, -0.25) is 4.90 Å². The van der Waals surface area contributed by atoms with Gasteiger partial charge in [0.2, 0.25) is 0 Å². The molecular weight excluding hydrogens is 638 g/mol. The van der Waals surface area contributed by atoms with Crippen LogP contribution in [0.5, 0.6) is 0 Å². The monoisotopic (exact) mass is 674 g/mol. The zero-order chi connectivity index (χ0) is 32.7. The van der Waals surface area contributed by atoms with Crippen molar-refractivity contribution in [2.45, 2.75) is 64.2 Å². The molecule has 0 amide bonds. The van der Waals surface area contributed by atoms with Crippen molar-refractivity contribution in [1.29, 1.82) is 0 Å². The van der Waals surface area contributed by atoms with E-state index >= 15 is 0 Å². The number of hydrogen-bond acceptors (Lipinski definition) is 9. The van der Waals surface area contributed by atoms with Gasteiger partial charge in [0.1, 0.15) is 0 Å². The molecule has 7 nitrogen and oxygen atoms in total. The molecule has 0 saturated carbocycles. The van der Waals surface area contributed by atoms with E-state index in [1.165, 1.54) is 46.9 Å². The van der Waals surface area contributed by atoms with Gasteiger partial charge in [0, 0.05) is 56.9 Å². The Hall–Kier alpha value is -2.72. The van der Waals surface area contributed by atoms with Crippen LogP contribution in [0.4, 0.5) is 36.6 Å². The van der Waals surface area contributed by atoms with Gasteiger partial charge in [-0.1, -0.05) is 22.7 Å². The van der Waals surface area contributed by atoms with Crippen molar-refractivity contribution >= 4 is 53.4 Å². The first kappa shape index (κ1) is 33.6. The van der Waals surface area contributed by atoms with Crippen LogP contribution in [0.3, 0.4) is 0 Å². The Balaban J connectivity index is 0.000000179. The molecule has 45 heavy (non-hydrogen) atoms. The molecular formula is C30H36F6N6OS2. The number of nitrogens with one attached hydrogen (secondary N) is 1. The minimum absolute atomic E-state index is 0.126. The van der Waals surface area contributed by atoms with Crippen LogP contribution < -0.4 is 15.1 Å². The third-order valence-electron chi connectivity index (χ3n) is 8.09. The summed E-state index contributed by atoms with van der Waals surface area (Å²) >= 11 is 2.63. The number of hydrogen-bond donors (Lipinski definition) is 2. The average Bonchev–Trinajstić information content (AvgIpc) is 3.55. The number of piperazine rings is 2. The minimum atomic E-state index is -4.34. The molecule has 0 radical (unpaired) electrons. The van der Waals surface area contributed by atoms with Crippen LogP contribution in [0.2, 0.25) is 0 Å². The van der Waals surface area contributed by atoms with Crippen molar-refractivity contribution in [1.82, 2.24) is 20.2 Å². The number of aliphatic hydroxyl groups is 1. The molecule has 2 fully saturated rings. The summed E-state index contributed by atoms with van der Waals surface area (Å²) in [5, 5.41) is 14.0. The summed E-state index contributed by atoms with van der Waals surface area (Å²) in [5.41, 5.74) is -0.0354. The lowest BCUT2D eigenvalue weighted by atomic mass is 10.1. The van der Waals surface area contributed by atoms with E-state index in [1.807, 2.05) is 0 Å². The highest BCUT2D eigenvalue weighted by Gasteiger charge is 2.34. The van der Waals surface area contributed by atoms with E-state index in [4.69, 9.17) is 5.11 Å². The highest BCUT2D eigenvalue weighted by Crippen LogP contribution is 2.38. The Labute approximate surface area is 265 Å². The number of fused-ring (bicyclic) bond motifs is 2. The predicted octanol–water partition coefficient (Wildman–Crippen LogP) is 6.71. The topological polar surface area (TPSA) is 67.8 Å². The number of aliphatic hydroxyl groups excluding tert-OH is 1. The average molecular weight is 675 g/mol. The second kappa shape index (κ2) is 13.2. The molecule has 2 aromatic heterocycles. The molecule has 0 bridgehead atoms. The molecule has 0 unspecified atom stereocenters. The summed E-state index contributed by atoms with van der Waals surface area (Å²) in [7, 11) is 0. The molecule has 0 spiro atoms. The van der Waals surface area contributed by atoms with Crippen LogP contribution in [-0.4, -0.2) is 83.5 Å². The third-order valence-corrected chi connectivity index (χ3v) is 10.2. The van der Waals surface area contributed by atoms with Gasteiger partial charge in [-0.2, -0.15) is 26.3 Å². The smallest absolute Gasteiger partial charge is 0.395 e. The molecule has 2 N–H and O–H groups in total. The summed E-state index contributed by atoms with van der Waals surface area (Å²) in [6.07, 6.45) is -8.65. The number of anilines is 2. The maximum Gasteiger partial charge on any atom is 0.416 e. The summed E-state index contributed by atoms with van der Waals surface area (Å²) in [5.74, 6) is 0. The number of aromatic nitrogens is 2. The van der Waals surface area contributed by atoms with Crippen LogP contribution in [0.25, 0.3) is 20.4 Å². The number of rotatable bonds is 4. The fraction of sp³-hybridized carbons (Fsp3) is 0.533. The highest BCUT2D eigenvalue weighted by atomic mass is 32.1. The predicted molar refractivity (Wildman–Crippen MR) is 168 cm³/mol. The van der Waals surface area contributed by atoms with E-state index in [-0.39, 0.29) is 30.8 Å². The van der Waals surface area contributed by atoms with Crippen LogP contribution in [0, 0.1) is 0 Å². The highest BCUT2D eigenvalue weighted by molar-refractivity contribution is 7.22. The minimum Gasteiger partial charge on any atom is -0.395 e. The Kier molecular flexibility index (Phi) is 9.85. The van der Waals surface area contributed by atoms with Gasteiger partial charge < -0.3 is 20.2 Å². The van der Waals surface area contributed by atoms with Crippen molar-refractivity contribution in [3.63, 3.8) is 0 Å². The second-order valence-electron chi connectivity index (χ2n) is 11.7. The number of benzene rings is 2. The maximum absolute atomic E-state index is 12.9. The normalized spacial score (nSPS) is 23.4. The fourth-order valence-corrected chi connectivity index (χ4v) is 8.46. The van der Waals surface area contributed by atoms with Crippen LogP contribution in [0.15, 0.2) is 36.4 Å². The van der Waals surface area contributed by atoms with Crippen LogP contribution in [-0.2, 0) is 12.4 Å². The van der Waals surface area contributed by atoms with Gasteiger partial charge in [0.25, 0.3) is 0 Å². The Morgan fingerprint density at radius 1 is 0.733 bits per heavy atom. The van der Waals surface area contributed by atoms with E-state index in [9.17, 15) is 26.3 Å². The number of halogens is 6. The van der Waals surface area contributed by atoms with E-state index in [2.05, 4.69) is 57.7 Å². The summed E-state index contributed by atoms with van der Waals surface area (Å²) in [6, 6.07) is 8.35. The van der Waals surface area contributed by atoms with Crippen molar-refractivity contribution in [3.8, 4) is 0 Å². The van der Waals surface area contributed by atoms with Crippen molar-refractivity contribution < 1.29 is 31.4 Å². The molecule has 2 aliphatic rings. The van der Waals surface area contributed by atoms with Crippen molar-refractivity contribution in [3.05, 3.63) is 47.5 Å². The zero-order valence-corrected chi connectivity index (χ0v) is 26.9. The lowest BCUT2D eigenvalue weighted by molar-refractivity contribution is -0.138. The van der Waals surface area contributed by atoms with Gasteiger partial charge in [-0.15, -0.1) is 0 Å². The first-order chi connectivity index (χ1) is 21.2. The lowest BCUT2D eigenvalue weighted by Crippen LogP contribution is -2.57. The number of thiazole rings is 2. The standard InChI is InChI=1S/C16H20F3N3OS.C14H16F3N3S/c1-10-8-21(5-6-23)9-11(2)22(10)15-20-13-4-3-12(16(17,18)19)7-14(13)24-15;1-8-6-18-7-9(2)20(8)13-19-11-4-3-10(14(15,16)17)5-12(11)21-13/h3-4,7,10-11,23H,5-6,8-9H2,1-2H3;3-5,8-9,18H,6-7H2,1-2H3/t10-,11+;8-,9+. The number of nitrogens with zero attached hydrogens (tertiary/aromatic N) is 5. The van der Waals surface area contributed by atoms with E-state index in [0.29, 0.717) is 27.0 Å². The van der Waals surface area contributed by atoms with Gasteiger partial charge >= 0.3 is 12.4 Å². The fourth-order valence-electron chi connectivity index (χ4n) is 6.04. The number of alkyl halides is 6. The SMILES string of the molecule is C[C@@H]1CN(CCO)C[C@H](C)N1c1nc2ccc(C(F)(F)F)cc2s1.C[C@@H]1CNC[C@H](C)N1c1nc2ccc(C(F)(F)F)cc2s1. The Bertz CT molecular complexity index is 1590. The lowest BCUT2D eigenvalue weighted by Gasteiger charge is -2.44.